The van der Waals surface area contributed by atoms with Gasteiger partial charge in [0.2, 0.25) is 0 Å². The zero-order chi connectivity index (χ0) is 32.0. The first-order valence-corrected chi connectivity index (χ1v) is 14.6. The molecule has 5 rings (SSSR count). The Kier molecular flexibility index (Phi) is 8.67. The molecular formula is C27H23ClF5IN8O2. The highest BCUT2D eigenvalue weighted by Gasteiger charge is 2.60. The van der Waals surface area contributed by atoms with E-state index in [2.05, 4.69) is 53.6 Å². The number of nitrogens with zero attached hydrogens (tertiary/aromatic N) is 6. The van der Waals surface area contributed by atoms with Crippen LogP contribution in [0.4, 0.5) is 27.6 Å². The van der Waals surface area contributed by atoms with Crippen molar-refractivity contribution in [3.05, 3.63) is 79.5 Å². The first-order valence-electron chi connectivity index (χ1n) is 13.1. The molecule has 4 aromatic rings. The summed E-state index contributed by atoms with van der Waals surface area (Å²) >= 11 is 8.40. The number of pyridine rings is 1. The fraction of sp³-hybridized carbons (Fsp3) is 0.333. The van der Waals surface area contributed by atoms with Crippen molar-refractivity contribution >= 4 is 51.7 Å². The lowest BCUT2D eigenvalue weighted by molar-refractivity contribution is -0.291. The number of carbonyl (C=O) groups is 2. The lowest BCUT2D eigenvalue weighted by Crippen LogP contribution is -2.35. The van der Waals surface area contributed by atoms with Gasteiger partial charge in [0.05, 0.1) is 34.7 Å². The lowest BCUT2D eigenvalue weighted by Gasteiger charge is -2.18. The maximum Gasteiger partial charge on any atom is 0.459 e. The second kappa shape index (κ2) is 12.0. The molecule has 1 unspecified atom stereocenters. The Morgan fingerprint density at radius 2 is 1.89 bits per heavy atom. The van der Waals surface area contributed by atoms with E-state index in [1.807, 2.05) is 6.92 Å². The molecule has 1 atom stereocenters. The largest absolute Gasteiger partial charge is 0.459 e. The molecule has 0 bridgehead atoms. The Morgan fingerprint density at radius 3 is 2.55 bits per heavy atom. The predicted molar refractivity (Wildman–Crippen MR) is 157 cm³/mol. The molecule has 10 nitrogen and oxygen atoms in total. The Hall–Kier alpha value is -3.67. The summed E-state index contributed by atoms with van der Waals surface area (Å²) in [5.74, 6) is -5.85. The molecule has 0 aliphatic heterocycles. The number of aryl methyl sites for hydroxylation is 1. The highest BCUT2D eigenvalue weighted by atomic mass is 127. The molecule has 3 aromatic heterocycles. The van der Waals surface area contributed by atoms with Gasteiger partial charge in [-0.25, -0.2) is 14.3 Å². The van der Waals surface area contributed by atoms with Crippen LogP contribution in [0, 0.1) is 16.4 Å². The van der Waals surface area contributed by atoms with E-state index in [9.17, 15) is 31.5 Å². The van der Waals surface area contributed by atoms with Gasteiger partial charge in [-0.1, -0.05) is 16.8 Å². The SMILES string of the molecule is Cc1cc(I)cc(C(=O)NC(C)C2CC2)c1NC(=O)c1cc(Cn2cc(C(F)(F)C(F)(F)F)nn2)nn1-c1ncccc1Cl. The van der Waals surface area contributed by atoms with Crippen molar-refractivity contribution in [3.63, 3.8) is 0 Å². The van der Waals surface area contributed by atoms with Crippen molar-refractivity contribution < 1.29 is 31.5 Å². The number of rotatable bonds is 9. The fourth-order valence-corrected chi connectivity index (χ4v) is 5.44. The molecule has 1 fully saturated rings. The molecule has 44 heavy (non-hydrogen) atoms. The van der Waals surface area contributed by atoms with Crippen LogP contribution in [0.25, 0.3) is 5.82 Å². The number of carbonyl (C=O) groups excluding carboxylic acids is 2. The maximum atomic E-state index is 13.8. The number of nitrogens with one attached hydrogen (secondary N) is 2. The van der Waals surface area contributed by atoms with Crippen LogP contribution in [0.3, 0.4) is 0 Å². The molecule has 0 saturated heterocycles. The van der Waals surface area contributed by atoms with Gasteiger partial charge in [0.1, 0.15) is 5.69 Å². The van der Waals surface area contributed by atoms with E-state index >= 15 is 0 Å². The fourth-order valence-electron chi connectivity index (χ4n) is 4.46. The second-order valence-corrected chi connectivity index (χ2v) is 12.0. The molecular weight excluding hydrogens is 726 g/mol. The van der Waals surface area contributed by atoms with Gasteiger partial charge in [-0.15, -0.1) is 5.10 Å². The van der Waals surface area contributed by atoms with E-state index in [-0.39, 0.29) is 45.4 Å². The van der Waals surface area contributed by atoms with E-state index in [0.717, 1.165) is 25.8 Å². The van der Waals surface area contributed by atoms with E-state index in [4.69, 9.17) is 11.6 Å². The molecule has 1 aliphatic carbocycles. The number of amides is 2. The molecule has 0 spiro atoms. The van der Waals surface area contributed by atoms with Crippen LogP contribution in [0.1, 0.15) is 57.6 Å². The minimum Gasteiger partial charge on any atom is -0.349 e. The van der Waals surface area contributed by atoms with Gasteiger partial charge in [0.25, 0.3) is 11.8 Å². The first-order chi connectivity index (χ1) is 20.7. The average Bonchev–Trinajstić information content (AvgIpc) is 3.55. The third kappa shape index (κ3) is 6.55. The van der Waals surface area contributed by atoms with Crippen molar-refractivity contribution in [1.29, 1.82) is 0 Å². The zero-order valence-electron chi connectivity index (χ0n) is 23.0. The highest BCUT2D eigenvalue weighted by molar-refractivity contribution is 14.1. The highest BCUT2D eigenvalue weighted by Crippen LogP contribution is 2.42. The van der Waals surface area contributed by atoms with Gasteiger partial charge < -0.3 is 10.6 Å². The standard InChI is InChI=1S/C27H23ClF5IN8O2/c1-13-8-16(34)9-18(24(43)36-14(2)15-5-6-15)22(13)37-25(44)20-10-17(39-42(20)23-19(28)4-3-7-35-23)11-41-12-21(38-40-41)26(29,30)27(31,32)33/h3-4,7-10,12,14-15H,5-6,11H2,1-2H3,(H,36,43)(H,37,44). The van der Waals surface area contributed by atoms with E-state index in [1.54, 1.807) is 25.1 Å². The van der Waals surface area contributed by atoms with E-state index in [1.165, 1.54) is 18.3 Å². The first kappa shape index (κ1) is 31.7. The Labute approximate surface area is 265 Å². The van der Waals surface area contributed by atoms with Crippen LogP contribution in [0.15, 0.2) is 42.7 Å². The van der Waals surface area contributed by atoms with Crippen LogP contribution in [0.5, 0.6) is 0 Å². The molecule has 17 heteroatoms. The molecule has 232 valence electrons. The Balaban J connectivity index is 1.49. The molecule has 3 heterocycles. The molecule has 0 radical (unpaired) electrons. The molecule has 1 aromatic carbocycles. The number of benzene rings is 1. The summed E-state index contributed by atoms with van der Waals surface area (Å²) in [5.41, 5.74) is -0.550. The van der Waals surface area contributed by atoms with Gasteiger partial charge >= 0.3 is 12.1 Å². The van der Waals surface area contributed by atoms with E-state index < -0.39 is 30.2 Å². The van der Waals surface area contributed by atoms with Crippen molar-refractivity contribution in [2.45, 2.75) is 51.4 Å². The van der Waals surface area contributed by atoms with Gasteiger partial charge in [-0.3, -0.25) is 9.59 Å². The number of alkyl halides is 5. The summed E-state index contributed by atoms with van der Waals surface area (Å²) in [4.78, 5) is 31.2. The third-order valence-corrected chi connectivity index (χ3v) is 7.86. The zero-order valence-corrected chi connectivity index (χ0v) is 25.9. The minimum atomic E-state index is -5.87. The molecule has 2 amide bonds. The number of halogens is 7. The number of hydrogen-bond acceptors (Lipinski definition) is 6. The maximum absolute atomic E-state index is 13.8. The smallest absolute Gasteiger partial charge is 0.349 e. The summed E-state index contributed by atoms with van der Waals surface area (Å²) in [6, 6.07) is 7.72. The Morgan fingerprint density at radius 1 is 1.16 bits per heavy atom. The molecule has 1 saturated carbocycles. The van der Waals surface area contributed by atoms with Crippen LogP contribution in [0.2, 0.25) is 5.02 Å². The number of aromatic nitrogens is 6. The van der Waals surface area contributed by atoms with Gasteiger partial charge in [-0.05, 0) is 91.1 Å². The summed E-state index contributed by atoms with van der Waals surface area (Å²) in [7, 11) is 0. The summed E-state index contributed by atoms with van der Waals surface area (Å²) in [6.45, 7) is 3.23. The summed E-state index contributed by atoms with van der Waals surface area (Å²) in [6.07, 6.45) is -1.96. The van der Waals surface area contributed by atoms with E-state index in [0.29, 0.717) is 17.7 Å². The van der Waals surface area contributed by atoms with Crippen molar-refractivity contribution in [1.82, 2.24) is 35.1 Å². The van der Waals surface area contributed by atoms with Gasteiger partial charge in [0.15, 0.2) is 11.5 Å². The van der Waals surface area contributed by atoms with Crippen LogP contribution in [-0.2, 0) is 12.5 Å². The van der Waals surface area contributed by atoms with Crippen LogP contribution < -0.4 is 10.6 Å². The number of hydrogen-bond donors (Lipinski definition) is 2. The van der Waals surface area contributed by atoms with Crippen LogP contribution in [-0.4, -0.2) is 53.8 Å². The quantitative estimate of drug-likeness (QED) is 0.162. The average molecular weight is 749 g/mol. The van der Waals surface area contributed by atoms with Crippen molar-refractivity contribution in [2.24, 2.45) is 5.92 Å². The third-order valence-electron chi connectivity index (χ3n) is 6.94. The number of anilines is 1. The Bertz CT molecular complexity index is 1740. The minimum absolute atomic E-state index is 0.0409. The predicted octanol–water partition coefficient (Wildman–Crippen LogP) is 5.91. The molecule has 1 aliphatic rings. The summed E-state index contributed by atoms with van der Waals surface area (Å²) < 4.78 is 68.5. The van der Waals surface area contributed by atoms with Crippen molar-refractivity contribution in [3.8, 4) is 5.82 Å². The van der Waals surface area contributed by atoms with Gasteiger partial charge in [0, 0.05) is 15.8 Å². The normalized spacial score (nSPS) is 14.4. The summed E-state index contributed by atoms with van der Waals surface area (Å²) in [5, 5.41) is 16.5. The second-order valence-electron chi connectivity index (χ2n) is 10.3. The van der Waals surface area contributed by atoms with Gasteiger partial charge in [-0.2, -0.15) is 27.1 Å². The topological polar surface area (TPSA) is 120 Å². The lowest BCUT2D eigenvalue weighted by atomic mass is 10.1. The van der Waals surface area contributed by atoms with Crippen LogP contribution >= 0.6 is 34.2 Å². The molecule has 2 N–H and O–H groups in total. The monoisotopic (exact) mass is 748 g/mol. The van der Waals surface area contributed by atoms with Crippen molar-refractivity contribution in [2.75, 3.05) is 5.32 Å².